The highest BCUT2D eigenvalue weighted by molar-refractivity contribution is 5.78. The third-order valence-electron chi connectivity index (χ3n) is 4.06. The molecule has 0 aromatic carbocycles. The van der Waals surface area contributed by atoms with Crippen LogP contribution in [-0.4, -0.2) is 58.6 Å². The van der Waals surface area contributed by atoms with Gasteiger partial charge >= 0.3 is 0 Å². The Bertz CT molecular complexity index is 397. The van der Waals surface area contributed by atoms with Crippen molar-refractivity contribution < 1.29 is 4.79 Å². The van der Waals surface area contributed by atoms with E-state index in [1.54, 1.807) is 6.20 Å². The van der Waals surface area contributed by atoms with Crippen LogP contribution in [0.3, 0.4) is 0 Å². The second kappa shape index (κ2) is 5.10. The third-order valence-corrected chi connectivity index (χ3v) is 4.06. The van der Waals surface area contributed by atoms with E-state index in [1.807, 2.05) is 11.0 Å². The van der Waals surface area contributed by atoms with E-state index in [9.17, 15) is 4.79 Å². The number of carbonyl (C=O) groups is 1. The third kappa shape index (κ3) is 2.41. The van der Waals surface area contributed by atoms with Crippen LogP contribution in [0.5, 0.6) is 0 Å². The Labute approximate surface area is 107 Å². The second-order valence-electron chi connectivity index (χ2n) is 5.32. The highest BCUT2D eigenvalue weighted by Gasteiger charge is 2.29. The van der Waals surface area contributed by atoms with Crippen molar-refractivity contribution in [1.29, 1.82) is 0 Å². The van der Waals surface area contributed by atoms with Gasteiger partial charge in [-0.3, -0.25) is 14.8 Å². The van der Waals surface area contributed by atoms with E-state index < -0.39 is 0 Å². The number of hydrogen-bond acceptors (Lipinski definition) is 3. The van der Waals surface area contributed by atoms with Crippen molar-refractivity contribution in [2.75, 3.05) is 32.7 Å². The summed E-state index contributed by atoms with van der Waals surface area (Å²) < 4.78 is 0. The van der Waals surface area contributed by atoms with Gasteiger partial charge in [0.15, 0.2) is 0 Å². The number of carbonyl (C=O) groups excluding carboxylic acids is 1. The Kier molecular flexibility index (Phi) is 3.32. The molecule has 2 aliphatic rings. The van der Waals surface area contributed by atoms with Crippen LogP contribution in [0.1, 0.15) is 30.9 Å². The first kappa shape index (κ1) is 11.7. The number of amides is 1. The van der Waals surface area contributed by atoms with Crippen molar-refractivity contribution in [3.05, 3.63) is 18.0 Å². The van der Waals surface area contributed by atoms with Crippen LogP contribution in [0.25, 0.3) is 0 Å². The molecular weight excluding hydrogens is 228 g/mol. The monoisotopic (exact) mass is 248 g/mol. The SMILES string of the molecule is O=C(CN1CCCC1)N1CC[C@H](c2ccn[nH]2)C1. The fourth-order valence-corrected chi connectivity index (χ4v) is 2.97. The van der Waals surface area contributed by atoms with Gasteiger partial charge in [0.25, 0.3) is 0 Å². The van der Waals surface area contributed by atoms with E-state index >= 15 is 0 Å². The second-order valence-corrected chi connectivity index (χ2v) is 5.32. The molecule has 1 atom stereocenters. The summed E-state index contributed by atoms with van der Waals surface area (Å²) in [6.07, 6.45) is 5.31. The first-order chi connectivity index (χ1) is 8.83. The quantitative estimate of drug-likeness (QED) is 0.861. The van der Waals surface area contributed by atoms with Gasteiger partial charge in [0.05, 0.1) is 6.54 Å². The lowest BCUT2D eigenvalue weighted by atomic mass is 10.1. The molecule has 18 heavy (non-hydrogen) atoms. The zero-order chi connectivity index (χ0) is 12.4. The minimum absolute atomic E-state index is 0.291. The highest BCUT2D eigenvalue weighted by Crippen LogP contribution is 2.25. The molecule has 2 aliphatic heterocycles. The number of H-pyrrole nitrogens is 1. The molecule has 0 spiro atoms. The maximum absolute atomic E-state index is 12.2. The molecule has 3 heterocycles. The molecule has 0 radical (unpaired) electrons. The zero-order valence-corrected chi connectivity index (χ0v) is 10.6. The van der Waals surface area contributed by atoms with Crippen molar-refractivity contribution in [2.24, 2.45) is 0 Å². The summed E-state index contributed by atoms with van der Waals surface area (Å²) >= 11 is 0. The van der Waals surface area contributed by atoms with Gasteiger partial charge in [-0.15, -0.1) is 0 Å². The Hall–Kier alpha value is -1.36. The summed E-state index contributed by atoms with van der Waals surface area (Å²) in [4.78, 5) is 16.4. The predicted molar refractivity (Wildman–Crippen MR) is 68.2 cm³/mol. The van der Waals surface area contributed by atoms with Gasteiger partial charge in [-0.25, -0.2) is 0 Å². The topological polar surface area (TPSA) is 52.2 Å². The molecule has 3 rings (SSSR count). The van der Waals surface area contributed by atoms with Crippen molar-refractivity contribution in [2.45, 2.75) is 25.2 Å². The molecular formula is C13H20N4O. The van der Waals surface area contributed by atoms with Crippen LogP contribution in [0.2, 0.25) is 0 Å². The molecule has 0 bridgehead atoms. The molecule has 0 unspecified atom stereocenters. The summed E-state index contributed by atoms with van der Waals surface area (Å²) in [7, 11) is 0. The van der Waals surface area contributed by atoms with E-state index in [1.165, 1.54) is 12.8 Å². The van der Waals surface area contributed by atoms with E-state index in [-0.39, 0.29) is 0 Å². The van der Waals surface area contributed by atoms with Gasteiger partial charge in [-0.05, 0) is 38.4 Å². The number of aromatic amines is 1. The smallest absolute Gasteiger partial charge is 0.236 e. The number of rotatable bonds is 3. The number of aromatic nitrogens is 2. The van der Waals surface area contributed by atoms with Crippen molar-refractivity contribution >= 4 is 5.91 Å². The Morgan fingerprint density at radius 3 is 2.94 bits per heavy atom. The average molecular weight is 248 g/mol. The van der Waals surface area contributed by atoms with Gasteiger partial charge in [0.2, 0.25) is 5.91 Å². The molecule has 0 saturated carbocycles. The Morgan fingerprint density at radius 2 is 2.22 bits per heavy atom. The van der Waals surface area contributed by atoms with Crippen LogP contribution in [0.15, 0.2) is 12.3 Å². The number of hydrogen-bond donors (Lipinski definition) is 1. The van der Waals surface area contributed by atoms with Crippen LogP contribution >= 0.6 is 0 Å². The normalized spacial score (nSPS) is 24.9. The summed E-state index contributed by atoms with van der Waals surface area (Å²) in [6, 6.07) is 2.01. The molecule has 1 N–H and O–H groups in total. The minimum Gasteiger partial charge on any atom is -0.341 e. The number of nitrogens with zero attached hydrogens (tertiary/aromatic N) is 3. The van der Waals surface area contributed by atoms with Crippen molar-refractivity contribution in [3.63, 3.8) is 0 Å². The van der Waals surface area contributed by atoms with Crippen LogP contribution in [-0.2, 0) is 4.79 Å². The largest absolute Gasteiger partial charge is 0.341 e. The van der Waals surface area contributed by atoms with Crippen LogP contribution in [0.4, 0.5) is 0 Å². The lowest BCUT2D eigenvalue weighted by Crippen LogP contribution is -2.38. The fourth-order valence-electron chi connectivity index (χ4n) is 2.97. The summed E-state index contributed by atoms with van der Waals surface area (Å²) in [5.41, 5.74) is 1.16. The predicted octanol–water partition coefficient (Wildman–Crippen LogP) is 0.821. The fraction of sp³-hybridized carbons (Fsp3) is 0.692. The zero-order valence-electron chi connectivity index (χ0n) is 10.6. The van der Waals surface area contributed by atoms with Crippen molar-refractivity contribution in [1.82, 2.24) is 20.0 Å². The molecule has 1 aromatic heterocycles. The van der Waals surface area contributed by atoms with Crippen molar-refractivity contribution in [3.8, 4) is 0 Å². The standard InChI is InChI=1S/C13H20N4O/c18-13(10-16-6-1-2-7-16)17-8-4-11(9-17)12-3-5-14-15-12/h3,5,11H,1-2,4,6-10H2,(H,14,15)/t11-/m0/s1. The molecule has 1 amide bonds. The average Bonchev–Trinajstić information content (AvgIpc) is 3.11. The van der Waals surface area contributed by atoms with Crippen LogP contribution < -0.4 is 0 Å². The summed E-state index contributed by atoms with van der Waals surface area (Å²) in [5, 5.41) is 7.00. The molecule has 5 nitrogen and oxygen atoms in total. The maximum atomic E-state index is 12.2. The molecule has 2 fully saturated rings. The van der Waals surface area contributed by atoms with Gasteiger partial charge in [0.1, 0.15) is 0 Å². The van der Waals surface area contributed by atoms with E-state index in [2.05, 4.69) is 15.1 Å². The summed E-state index contributed by atoms with van der Waals surface area (Å²) in [6.45, 7) is 4.51. The molecule has 5 heteroatoms. The maximum Gasteiger partial charge on any atom is 0.236 e. The van der Waals surface area contributed by atoms with Gasteiger partial charge in [-0.1, -0.05) is 0 Å². The highest BCUT2D eigenvalue weighted by atomic mass is 16.2. The summed E-state index contributed by atoms with van der Waals surface area (Å²) in [5.74, 6) is 0.731. The molecule has 0 aliphatic carbocycles. The molecule has 1 aromatic rings. The minimum atomic E-state index is 0.291. The Balaban J connectivity index is 1.53. The van der Waals surface area contributed by atoms with Gasteiger partial charge in [0, 0.05) is 30.9 Å². The van der Waals surface area contributed by atoms with E-state index in [0.29, 0.717) is 18.4 Å². The van der Waals surface area contributed by atoms with Gasteiger partial charge < -0.3 is 4.90 Å². The number of likely N-dealkylation sites (tertiary alicyclic amines) is 2. The van der Waals surface area contributed by atoms with E-state index in [0.717, 1.165) is 38.3 Å². The number of nitrogens with one attached hydrogen (secondary N) is 1. The Morgan fingerprint density at radius 1 is 1.39 bits per heavy atom. The molecule has 98 valence electrons. The van der Waals surface area contributed by atoms with Gasteiger partial charge in [-0.2, -0.15) is 5.10 Å². The molecule has 2 saturated heterocycles. The first-order valence-electron chi connectivity index (χ1n) is 6.82. The lowest BCUT2D eigenvalue weighted by molar-refractivity contribution is -0.131. The van der Waals surface area contributed by atoms with Crippen LogP contribution in [0, 0.1) is 0 Å². The first-order valence-corrected chi connectivity index (χ1v) is 6.82. The lowest BCUT2D eigenvalue weighted by Gasteiger charge is -2.20. The van der Waals surface area contributed by atoms with E-state index in [4.69, 9.17) is 0 Å².